The summed E-state index contributed by atoms with van der Waals surface area (Å²) in [6.07, 6.45) is 1.57. The molecule has 0 bridgehead atoms. The van der Waals surface area contributed by atoms with Crippen LogP contribution in [0.3, 0.4) is 0 Å². The van der Waals surface area contributed by atoms with Crippen molar-refractivity contribution in [1.29, 1.82) is 0 Å². The Hall–Kier alpha value is -1.69. The van der Waals surface area contributed by atoms with Gasteiger partial charge in [0.25, 0.3) is 5.91 Å². The maximum Gasteiger partial charge on any atom is 0.263 e. The van der Waals surface area contributed by atoms with Crippen LogP contribution in [0, 0.1) is 5.41 Å². The van der Waals surface area contributed by atoms with Crippen molar-refractivity contribution in [3.8, 4) is 0 Å². The molecule has 0 spiro atoms. The van der Waals surface area contributed by atoms with E-state index in [9.17, 15) is 4.79 Å². The third-order valence-electron chi connectivity index (χ3n) is 3.27. The highest BCUT2D eigenvalue weighted by Crippen LogP contribution is 2.31. The molecule has 2 aromatic heterocycles. The van der Waals surface area contributed by atoms with Crippen molar-refractivity contribution in [1.82, 2.24) is 15.5 Å². The van der Waals surface area contributed by atoms with E-state index in [0.717, 1.165) is 5.39 Å². The molecule has 1 atom stereocenters. The second-order valence-corrected chi connectivity index (χ2v) is 6.66. The Labute approximate surface area is 116 Å². The summed E-state index contributed by atoms with van der Waals surface area (Å²) in [5.74, 6) is -0.150. The molecule has 0 saturated heterocycles. The third kappa shape index (κ3) is 2.68. The fraction of sp³-hybridized carbons (Fsp3) is 0.462. The molecular formula is C13H18N4OS. The summed E-state index contributed by atoms with van der Waals surface area (Å²) in [6.45, 7) is 8.23. The third-order valence-corrected chi connectivity index (χ3v) is 4.38. The summed E-state index contributed by atoms with van der Waals surface area (Å²) in [5, 5.41) is 11.5. The molecule has 1 amide bonds. The Morgan fingerprint density at radius 1 is 1.47 bits per heavy atom. The smallest absolute Gasteiger partial charge is 0.263 e. The molecule has 0 aliphatic rings. The molecule has 0 aliphatic heterocycles. The minimum absolute atomic E-state index is 0.000902. The number of nitrogens with zero attached hydrogens (tertiary/aromatic N) is 2. The Bertz CT molecular complexity index is 615. The standard InChI is InChI=1S/C13H18N4OS/c1-7(13(2,3)4)16-11(18)10-9(14)8-5-6-15-17-12(8)19-10/h5-7H,14H2,1-4H3,(H,16,18). The number of rotatable bonds is 2. The van der Waals surface area contributed by atoms with Gasteiger partial charge in [0, 0.05) is 11.4 Å². The number of carbonyl (C=O) groups excluding carboxylic acids is 1. The Morgan fingerprint density at radius 2 is 2.16 bits per heavy atom. The molecule has 5 nitrogen and oxygen atoms in total. The SMILES string of the molecule is CC(NC(=O)c1sc2nnccc2c1N)C(C)(C)C. The molecule has 19 heavy (non-hydrogen) atoms. The number of nitrogen functional groups attached to an aromatic ring is 1. The van der Waals surface area contributed by atoms with Crippen LogP contribution in [0.1, 0.15) is 37.4 Å². The van der Waals surface area contributed by atoms with E-state index in [1.54, 1.807) is 12.3 Å². The van der Waals surface area contributed by atoms with Crippen LogP contribution in [0.25, 0.3) is 10.2 Å². The first-order chi connectivity index (χ1) is 8.80. The second kappa shape index (κ2) is 4.77. The molecule has 2 heterocycles. The van der Waals surface area contributed by atoms with E-state index in [1.807, 2.05) is 6.92 Å². The Balaban J connectivity index is 2.30. The van der Waals surface area contributed by atoms with E-state index in [0.29, 0.717) is 15.4 Å². The van der Waals surface area contributed by atoms with Crippen LogP contribution in [-0.4, -0.2) is 22.1 Å². The van der Waals surface area contributed by atoms with E-state index in [-0.39, 0.29) is 17.4 Å². The van der Waals surface area contributed by atoms with E-state index in [1.165, 1.54) is 11.3 Å². The summed E-state index contributed by atoms with van der Waals surface area (Å²) in [6, 6.07) is 1.83. The van der Waals surface area contributed by atoms with Gasteiger partial charge in [-0.25, -0.2) is 0 Å². The molecule has 6 heteroatoms. The molecular weight excluding hydrogens is 260 g/mol. The van der Waals surface area contributed by atoms with Gasteiger partial charge in [-0.2, -0.15) is 5.10 Å². The van der Waals surface area contributed by atoms with Crippen molar-refractivity contribution in [2.24, 2.45) is 5.41 Å². The highest BCUT2D eigenvalue weighted by molar-refractivity contribution is 7.21. The summed E-state index contributed by atoms with van der Waals surface area (Å²) < 4.78 is 0. The number of anilines is 1. The first kappa shape index (κ1) is 13.7. The average molecular weight is 278 g/mol. The quantitative estimate of drug-likeness (QED) is 0.884. The summed E-state index contributed by atoms with van der Waals surface area (Å²) in [4.78, 5) is 13.5. The number of aromatic nitrogens is 2. The highest BCUT2D eigenvalue weighted by Gasteiger charge is 2.24. The number of hydrogen-bond acceptors (Lipinski definition) is 5. The van der Waals surface area contributed by atoms with Gasteiger partial charge < -0.3 is 11.1 Å². The fourth-order valence-corrected chi connectivity index (χ4v) is 2.46. The van der Waals surface area contributed by atoms with Gasteiger partial charge >= 0.3 is 0 Å². The van der Waals surface area contributed by atoms with Crippen molar-refractivity contribution in [2.45, 2.75) is 33.7 Å². The highest BCUT2D eigenvalue weighted by atomic mass is 32.1. The van der Waals surface area contributed by atoms with Gasteiger partial charge in [0.1, 0.15) is 9.71 Å². The average Bonchev–Trinajstić information content (AvgIpc) is 2.66. The topological polar surface area (TPSA) is 80.9 Å². The zero-order chi connectivity index (χ0) is 14.2. The lowest BCUT2D eigenvalue weighted by Gasteiger charge is -2.27. The normalized spacial score (nSPS) is 13.5. The molecule has 102 valence electrons. The maximum atomic E-state index is 12.3. The van der Waals surface area contributed by atoms with Gasteiger partial charge in [0.15, 0.2) is 0 Å². The molecule has 0 aliphatic carbocycles. The van der Waals surface area contributed by atoms with E-state index < -0.39 is 0 Å². The zero-order valence-corrected chi connectivity index (χ0v) is 12.3. The van der Waals surface area contributed by atoms with Gasteiger partial charge in [0.2, 0.25) is 0 Å². The van der Waals surface area contributed by atoms with E-state index in [2.05, 4.69) is 36.3 Å². The van der Waals surface area contributed by atoms with Gasteiger partial charge in [-0.3, -0.25) is 4.79 Å². The van der Waals surface area contributed by atoms with Crippen molar-refractivity contribution >= 4 is 33.1 Å². The van der Waals surface area contributed by atoms with E-state index in [4.69, 9.17) is 5.73 Å². The van der Waals surface area contributed by atoms with Gasteiger partial charge in [0.05, 0.1) is 11.9 Å². The van der Waals surface area contributed by atoms with Crippen LogP contribution in [0.5, 0.6) is 0 Å². The van der Waals surface area contributed by atoms with Crippen LogP contribution in [0.4, 0.5) is 5.69 Å². The van der Waals surface area contributed by atoms with E-state index >= 15 is 0 Å². The lowest BCUT2D eigenvalue weighted by atomic mass is 9.88. The number of hydrogen-bond donors (Lipinski definition) is 2. The summed E-state index contributed by atoms with van der Waals surface area (Å²) >= 11 is 1.27. The lowest BCUT2D eigenvalue weighted by Crippen LogP contribution is -2.41. The fourth-order valence-electron chi connectivity index (χ4n) is 1.52. The Morgan fingerprint density at radius 3 is 2.74 bits per heavy atom. The van der Waals surface area contributed by atoms with Gasteiger partial charge in [-0.1, -0.05) is 20.8 Å². The number of amides is 1. The molecule has 2 aromatic rings. The maximum absolute atomic E-state index is 12.3. The first-order valence-corrected chi connectivity index (χ1v) is 6.93. The second-order valence-electron chi connectivity index (χ2n) is 5.66. The number of fused-ring (bicyclic) bond motifs is 1. The van der Waals surface area contributed by atoms with Crippen molar-refractivity contribution in [3.05, 3.63) is 17.1 Å². The molecule has 0 radical (unpaired) electrons. The van der Waals surface area contributed by atoms with Gasteiger partial charge in [-0.05, 0) is 18.4 Å². The predicted molar refractivity (Wildman–Crippen MR) is 78.2 cm³/mol. The number of nitrogens with two attached hydrogens (primary N) is 1. The minimum atomic E-state index is -0.150. The van der Waals surface area contributed by atoms with Crippen LogP contribution < -0.4 is 11.1 Å². The number of carbonyl (C=O) groups is 1. The predicted octanol–water partition coefficient (Wildman–Crippen LogP) is 2.44. The number of nitrogens with one attached hydrogen (secondary N) is 1. The van der Waals surface area contributed by atoms with Crippen LogP contribution in [0.15, 0.2) is 12.3 Å². The monoisotopic (exact) mass is 278 g/mol. The first-order valence-electron chi connectivity index (χ1n) is 6.11. The molecule has 1 unspecified atom stereocenters. The lowest BCUT2D eigenvalue weighted by molar-refractivity contribution is 0.0915. The molecule has 0 fully saturated rings. The molecule has 2 rings (SSSR count). The van der Waals surface area contributed by atoms with Crippen molar-refractivity contribution in [2.75, 3.05) is 5.73 Å². The largest absolute Gasteiger partial charge is 0.397 e. The Kier molecular flexibility index (Phi) is 3.45. The van der Waals surface area contributed by atoms with Crippen LogP contribution in [0.2, 0.25) is 0 Å². The molecule has 0 aromatic carbocycles. The summed E-state index contributed by atoms with van der Waals surface area (Å²) in [5.41, 5.74) is 6.49. The van der Waals surface area contributed by atoms with Crippen LogP contribution >= 0.6 is 11.3 Å². The van der Waals surface area contributed by atoms with Crippen molar-refractivity contribution < 1.29 is 4.79 Å². The minimum Gasteiger partial charge on any atom is -0.397 e. The zero-order valence-electron chi connectivity index (χ0n) is 11.5. The molecule has 3 N–H and O–H groups in total. The van der Waals surface area contributed by atoms with Gasteiger partial charge in [-0.15, -0.1) is 16.4 Å². The molecule has 0 saturated carbocycles. The van der Waals surface area contributed by atoms with Crippen LogP contribution in [-0.2, 0) is 0 Å². The summed E-state index contributed by atoms with van der Waals surface area (Å²) in [7, 11) is 0. The van der Waals surface area contributed by atoms with Crippen molar-refractivity contribution in [3.63, 3.8) is 0 Å². The number of thiophene rings is 1.